The molecule has 1 aliphatic heterocycles. The maximum atomic E-state index is 12.3. The number of likely N-dealkylation sites (tertiary alicyclic amines) is 1. The van der Waals surface area contributed by atoms with Crippen LogP contribution in [-0.2, 0) is 24.3 Å². The Labute approximate surface area is 162 Å². The highest BCUT2D eigenvalue weighted by Gasteiger charge is 2.29. The van der Waals surface area contributed by atoms with Gasteiger partial charge in [0.25, 0.3) is 0 Å². The van der Waals surface area contributed by atoms with Crippen molar-refractivity contribution < 1.29 is 22.7 Å². The van der Waals surface area contributed by atoms with E-state index in [1.54, 1.807) is 24.0 Å². The molecular formula is C17H23BrN2O5S. The summed E-state index contributed by atoms with van der Waals surface area (Å²) in [5.41, 5.74) is 0. The SMILES string of the molecule is CCOC(=O)C1CCCN(C(=O)CCNS(=O)(=O)c2ccc(Br)cc2)C1. The average molecular weight is 447 g/mol. The lowest BCUT2D eigenvalue weighted by atomic mass is 9.98. The van der Waals surface area contributed by atoms with E-state index in [4.69, 9.17) is 4.74 Å². The van der Waals surface area contributed by atoms with Crippen LogP contribution in [0, 0.1) is 5.92 Å². The minimum atomic E-state index is -3.65. The highest BCUT2D eigenvalue weighted by molar-refractivity contribution is 9.10. The van der Waals surface area contributed by atoms with Crippen LogP contribution < -0.4 is 4.72 Å². The van der Waals surface area contributed by atoms with Gasteiger partial charge in [-0.3, -0.25) is 9.59 Å². The third-order valence-corrected chi connectivity index (χ3v) is 6.15. The highest BCUT2D eigenvalue weighted by atomic mass is 79.9. The molecule has 26 heavy (non-hydrogen) atoms. The Morgan fingerprint density at radius 2 is 2.00 bits per heavy atom. The van der Waals surface area contributed by atoms with Crippen LogP contribution in [-0.4, -0.2) is 51.4 Å². The van der Waals surface area contributed by atoms with Crippen molar-refractivity contribution in [2.75, 3.05) is 26.2 Å². The van der Waals surface area contributed by atoms with Crippen molar-refractivity contribution >= 4 is 37.8 Å². The van der Waals surface area contributed by atoms with Gasteiger partial charge >= 0.3 is 5.97 Å². The number of nitrogens with zero attached hydrogens (tertiary/aromatic N) is 1. The van der Waals surface area contributed by atoms with Crippen LogP contribution in [0.25, 0.3) is 0 Å². The largest absolute Gasteiger partial charge is 0.466 e. The van der Waals surface area contributed by atoms with Gasteiger partial charge in [-0.2, -0.15) is 0 Å². The van der Waals surface area contributed by atoms with E-state index in [9.17, 15) is 18.0 Å². The van der Waals surface area contributed by atoms with Gasteiger partial charge < -0.3 is 9.64 Å². The fraction of sp³-hybridized carbons (Fsp3) is 0.529. The first-order valence-corrected chi connectivity index (χ1v) is 10.8. The van der Waals surface area contributed by atoms with E-state index in [-0.39, 0.29) is 35.7 Å². The molecule has 9 heteroatoms. The van der Waals surface area contributed by atoms with Crippen molar-refractivity contribution in [1.82, 2.24) is 9.62 Å². The molecule has 7 nitrogen and oxygen atoms in total. The lowest BCUT2D eigenvalue weighted by Crippen LogP contribution is -2.43. The summed E-state index contributed by atoms with van der Waals surface area (Å²) in [6, 6.07) is 6.26. The fourth-order valence-corrected chi connectivity index (χ4v) is 4.10. The normalized spacial score (nSPS) is 17.8. The number of hydrogen-bond donors (Lipinski definition) is 1. The number of amides is 1. The Hall–Kier alpha value is -1.45. The molecule has 1 N–H and O–H groups in total. The van der Waals surface area contributed by atoms with Crippen molar-refractivity contribution in [1.29, 1.82) is 0 Å². The molecule has 0 saturated carbocycles. The lowest BCUT2D eigenvalue weighted by Gasteiger charge is -2.31. The zero-order valence-electron chi connectivity index (χ0n) is 14.6. The topological polar surface area (TPSA) is 92.8 Å². The molecule has 1 aromatic rings. The van der Waals surface area contributed by atoms with Crippen LogP contribution in [0.15, 0.2) is 33.6 Å². The van der Waals surface area contributed by atoms with E-state index >= 15 is 0 Å². The van der Waals surface area contributed by atoms with E-state index in [1.807, 2.05) is 0 Å². The van der Waals surface area contributed by atoms with E-state index < -0.39 is 10.0 Å². The van der Waals surface area contributed by atoms with Crippen LogP contribution in [0.1, 0.15) is 26.2 Å². The van der Waals surface area contributed by atoms with Gasteiger partial charge in [-0.05, 0) is 44.0 Å². The van der Waals surface area contributed by atoms with Crippen molar-refractivity contribution in [3.8, 4) is 0 Å². The molecule has 1 heterocycles. The molecule has 2 rings (SSSR count). The Morgan fingerprint density at radius 1 is 1.31 bits per heavy atom. The lowest BCUT2D eigenvalue weighted by molar-refractivity contribution is -0.151. The first-order valence-electron chi connectivity index (χ1n) is 8.53. The van der Waals surface area contributed by atoms with Crippen LogP contribution in [0.4, 0.5) is 0 Å². The van der Waals surface area contributed by atoms with E-state index in [1.165, 1.54) is 12.1 Å². The maximum Gasteiger partial charge on any atom is 0.310 e. The molecule has 1 aliphatic rings. The zero-order chi connectivity index (χ0) is 19.2. The molecule has 0 bridgehead atoms. The summed E-state index contributed by atoms with van der Waals surface area (Å²) in [5, 5.41) is 0. The van der Waals surface area contributed by atoms with Gasteiger partial charge in [-0.1, -0.05) is 15.9 Å². The Kier molecular flexibility index (Phi) is 7.60. The Balaban J connectivity index is 1.84. The molecule has 1 saturated heterocycles. The second-order valence-electron chi connectivity index (χ2n) is 6.03. The molecule has 1 amide bonds. The number of carbonyl (C=O) groups is 2. The van der Waals surface area contributed by atoms with Crippen molar-refractivity contribution in [3.63, 3.8) is 0 Å². The minimum absolute atomic E-state index is 0.0117. The average Bonchev–Trinajstić information content (AvgIpc) is 2.62. The van der Waals surface area contributed by atoms with Crippen molar-refractivity contribution in [3.05, 3.63) is 28.7 Å². The number of sulfonamides is 1. The summed E-state index contributed by atoms with van der Waals surface area (Å²) >= 11 is 3.25. The van der Waals surface area contributed by atoms with E-state index in [0.29, 0.717) is 26.1 Å². The molecule has 1 fully saturated rings. The number of benzene rings is 1. The van der Waals surface area contributed by atoms with Gasteiger partial charge in [0, 0.05) is 30.5 Å². The number of hydrogen-bond acceptors (Lipinski definition) is 5. The number of carbonyl (C=O) groups excluding carboxylic acids is 2. The number of nitrogens with one attached hydrogen (secondary N) is 1. The smallest absolute Gasteiger partial charge is 0.310 e. The first-order chi connectivity index (χ1) is 12.3. The van der Waals surface area contributed by atoms with Gasteiger partial charge in [-0.25, -0.2) is 13.1 Å². The summed E-state index contributed by atoms with van der Waals surface area (Å²) in [5.74, 6) is -0.745. The predicted octanol–water partition coefficient (Wildman–Crippen LogP) is 1.92. The molecule has 1 unspecified atom stereocenters. The molecule has 0 aromatic heterocycles. The van der Waals surface area contributed by atoms with Gasteiger partial charge in [0.05, 0.1) is 17.4 Å². The van der Waals surface area contributed by atoms with Crippen LogP contribution in [0.3, 0.4) is 0 Å². The van der Waals surface area contributed by atoms with Crippen molar-refractivity contribution in [2.45, 2.75) is 31.1 Å². The van der Waals surface area contributed by atoms with Crippen LogP contribution >= 0.6 is 15.9 Å². The van der Waals surface area contributed by atoms with Crippen molar-refractivity contribution in [2.24, 2.45) is 5.92 Å². The third kappa shape index (κ3) is 5.78. The van der Waals surface area contributed by atoms with E-state index in [0.717, 1.165) is 10.9 Å². The zero-order valence-corrected chi connectivity index (χ0v) is 17.0. The van der Waals surface area contributed by atoms with E-state index in [2.05, 4.69) is 20.7 Å². The molecule has 1 atom stereocenters. The molecule has 1 aromatic carbocycles. The highest BCUT2D eigenvalue weighted by Crippen LogP contribution is 2.19. The maximum absolute atomic E-state index is 12.3. The van der Waals surface area contributed by atoms with Gasteiger partial charge in [0.2, 0.25) is 15.9 Å². The summed E-state index contributed by atoms with van der Waals surface area (Å²) in [6.45, 7) is 2.99. The standard InChI is InChI=1S/C17H23BrN2O5S/c1-2-25-17(22)13-4-3-11-20(12-13)16(21)9-10-19-26(23,24)15-7-5-14(18)6-8-15/h5-8,13,19H,2-4,9-12H2,1H3. The van der Waals surface area contributed by atoms with Crippen LogP contribution in [0.5, 0.6) is 0 Å². The van der Waals surface area contributed by atoms with Crippen LogP contribution in [0.2, 0.25) is 0 Å². The van der Waals surface area contributed by atoms with Gasteiger partial charge in [0.1, 0.15) is 0 Å². The number of halogens is 1. The molecule has 144 valence electrons. The minimum Gasteiger partial charge on any atom is -0.466 e. The predicted molar refractivity (Wildman–Crippen MR) is 99.9 cm³/mol. The fourth-order valence-electron chi connectivity index (χ4n) is 2.80. The first kappa shape index (κ1) is 20.9. The quantitative estimate of drug-likeness (QED) is 0.645. The number of ether oxygens (including phenoxy) is 1. The summed E-state index contributed by atoms with van der Waals surface area (Å²) in [4.78, 5) is 25.9. The summed E-state index contributed by atoms with van der Waals surface area (Å²) < 4.78 is 32.6. The third-order valence-electron chi connectivity index (χ3n) is 4.15. The Morgan fingerprint density at radius 3 is 2.65 bits per heavy atom. The van der Waals surface area contributed by atoms with Gasteiger partial charge in [0.15, 0.2) is 0 Å². The monoisotopic (exact) mass is 446 g/mol. The molecule has 0 radical (unpaired) electrons. The molecule has 0 aliphatic carbocycles. The summed E-state index contributed by atoms with van der Waals surface area (Å²) in [7, 11) is -3.65. The second-order valence-corrected chi connectivity index (χ2v) is 8.72. The number of rotatable bonds is 7. The van der Waals surface area contributed by atoms with Gasteiger partial charge in [-0.15, -0.1) is 0 Å². The number of piperidine rings is 1. The second kappa shape index (κ2) is 9.48. The Bertz CT molecular complexity index is 736. The summed E-state index contributed by atoms with van der Waals surface area (Å²) in [6.07, 6.45) is 1.49. The molecular weight excluding hydrogens is 424 g/mol. The molecule has 0 spiro atoms. The number of esters is 1.